The lowest BCUT2D eigenvalue weighted by Gasteiger charge is -2.36. The van der Waals surface area contributed by atoms with E-state index in [9.17, 15) is 0 Å². The van der Waals surface area contributed by atoms with Crippen LogP contribution in [0.2, 0.25) is 0 Å². The van der Waals surface area contributed by atoms with Gasteiger partial charge in [-0.3, -0.25) is 4.90 Å². The number of rotatable bonds is 8. The normalized spacial score (nSPS) is 15.3. The van der Waals surface area contributed by atoms with E-state index in [1.165, 1.54) is 30.6 Å². The van der Waals surface area contributed by atoms with E-state index in [1.54, 1.807) is 0 Å². The molecule has 3 nitrogen and oxygen atoms in total. The summed E-state index contributed by atoms with van der Waals surface area (Å²) in [5.41, 5.74) is 2.74. The molecule has 1 aliphatic heterocycles. The summed E-state index contributed by atoms with van der Waals surface area (Å²) in [4.78, 5) is 5.07. The highest BCUT2D eigenvalue weighted by Gasteiger charge is 2.17. The summed E-state index contributed by atoms with van der Waals surface area (Å²) in [6, 6.07) is 19.3. The van der Waals surface area contributed by atoms with Crippen molar-refractivity contribution in [1.82, 2.24) is 4.90 Å². The maximum Gasteiger partial charge on any atom is 0.121 e. The van der Waals surface area contributed by atoms with Crippen molar-refractivity contribution in [3.05, 3.63) is 60.2 Å². The largest absolute Gasteiger partial charge is 0.494 e. The van der Waals surface area contributed by atoms with Crippen molar-refractivity contribution in [2.75, 3.05) is 44.2 Å². The maximum absolute atomic E-state index is 5.77. The Morgan fingerprint density at radius 2 is 1.72 bits per heavy atom. The van der Waals surface area contributed by atoms with E-state index in [0.717, 1.165) is 45.0 Å². The van der Waals surface area contributed by atoms with Crippen molar-refractivity contribution < 1.29 is 4.74 Å². The molecule has 0 amide bonds. The van der Waals surface area contributed by atoms with Crippen LogP contribution in [0.15, 0.2) is 54.6 Å². The first-order chi connectivity index (χ1) is 12.3. The second kappa shape index (κ2) is 9.47. The number of nitrogens with zero attached hydrogens (tertiary/aromatic N) is 2. The van der Waals surface area contributed by atoms with Gasteiger partial charge in [-0.2, -0.15) is 0 Å². The van der Waals surface area contributed by atoms with Gasteiger partial charge >= 0.3 is 0 Å². The van der Waals surface area contributed by atoms with Gasteiger partial charge in [0.05, 0.1) is 6.61 Å². The Labute approximate surface area is 152 Å². The average molecular weight is 338 g/mol. The minimum absolute atomic E-state index is 0.790. The molecule has 0 unspecified atom stereocenters. The minimum atomic E-state index is 0.790. The molecule has 1 aliphatic rings. The second-order valence-corrected chi connectivity index (χ2v) is 6.76. The molecule has 0 radical (unpaired) electrons. The molecule has 134 valence electrons. The molecule has 0 bridgehead atoms. The molecule has 2 aromatic carbocycles. The average Bonchev–Trinajstić information content (AvgIpc) is 2.68. The van der Waals surface area contributed by atoms with Gasteiger partial charge < -0.3 is 9.64 Å². The van der Waals surface area contributed by atoms with Crippen molar-refractivity contribution in [3.63, 3.8) is 0 Å². The van der Waals surface area contributed by atoms with Gasteiger partial charge in [-0.15, -0.1) is 0 Å². The zero-order valence-electron chi connectivity index (χ0n) is 15.4. The molecule has 0 atom stereocenters. The molecule has 0 aromatic heterocycles. The first-order valence-electron chi connectivity index (χ1n) is 9.59. The lowest BCUT2D eigenvalue weighted by Crippen LogP contribution is -2.46. The summed E-state index contributed by atoms with van der Waals surface area (Å²) in [6.45, 7) is 8.62. The quantitative estimate of drug-likeness (QED) is 0.716. The second-order valence-electron chi connectivity index (χ2n) is 6.76. The fourth-order valence-corrected chi connectivity index (χ4v) is 3.37. The molecule has 25 heavy (non-hydrogen) atoms. The molecule has 1 fully saturated rings. The highest BCUT2D eigenvalue weighted by Crippen LogP contribution is 2.22. The predicted molar refractivity (Wildman–Crippen MR) is 106 cm³/mol. The summed E-state index contributed by atoms with van der Waals surface area (Å²) in [5, 5.41) is 0. The Morgan fingerprint density at radius 1 is 0.920 bits per heavy atom. The van der Waals surface area contributed by atoms with Crippen LogP contribution in [0.3, 0.4) is 0 Å². The van der Waals surface area contributed by atoms with Gasteiger partial charge in [0.2, 0.25) is 0 Å². The van der Waals surface area contributed by atoms with Crippen LogP contribution in [0.5, 0.6) is 5.75 Å². The predicted octanol–water partition coefficient (Wildman–Crippen LogP) is 4.23. The zero-order valence-corrected chi connectivity index (χ0v) is 15.4. The number of ether oxygens (including phenoxy) is 1. The van der Waals surface area contributed by atoms with Crippen LogP contribution >= 0.6 is 0 Å². The topological polar surface area (TPSA) is 15.7 Å². The summed E-state index contributed by atoms with van der Waals surface area (Å²) in [7, 11) is 0. The first-order valence-corrected chi connectivity index (χ1v) is 9.59. The highest BCUT2D eigenvalue weighted by atomic mass is 16.5. The van der Waals surface area contributed by atoms with E-state index < -0.39 is 0 Å². The third-order valence-electron chi connectivity index (χ3n) is 4.81. The molecule has 2 aromatic rings. The molecular formula is C22H30N2O. The smallest absolute Gasteiger partial charge is 0.121 e. The van der Waals surface area contributed by atoms with E-state index in [2.05, 4.69) is 71.3 Å². The Bertz CT molecular complexity index is 621. The third kappa shape index (κ3) is 5.50. The zero-order chi connectivity index (χ0) is 17.3. The van der Waals surface area contributed by atoms with Crippen LogP contribution in [0.1, 0.15) is 25.3 Å². The number of anilines is 1. The SMILES string of the molecule is CCCOc1cccc(N2CCN(CCCc3ccccc3)CC2)c1. The van der Waals surface area contributed by atoms with Gasteiger partial charge in [0.1, 0.15) is 5.75 Å². The van der Waals surface area contributed by atoms with Gasteiger partial charge in [-0.05, 0) is 43.5 Å². The van der Waals surface area contributed by atoms with Gasteiger partial charge in [-0.25, -0.2) is 0 Å². The monoisotopic (exact) mass is 338 g/mol. The Kier molecular flexibility index (Phi) is 6.75. The Morgan fingerprint density at radius 3 is 2.48 bits per heavy atom. The minimum Gasteiger partial charge on any atom is -0.494 e. The fraction of sp³-hybridized carbons (Fsp3) is 0.455. The number of benzene rings is 2. The molecule has 0 spiro atoms. The highest BCUT2D eigenvalue weighted by molar-refractivity contribution is 5.51. The molecule has 3 rings (SSSR count). The fourth-order valence-electron chi connectivity index (χ4n) is 3.37. The lowest BCUT2D eigenvalue weighted by atomic mass is 10.1. The molecule has 0 N–H and O–H groups in total. The number of hydrogen-bond donors (Lipinski definition) is 0. The Balaban J connectivity index is 1.42. The summed E-state index contributed by atoms with van der Waals surface area (Å²) in [5.74, 6) is 0.990. The number of aryl methyl sites for hydroxylation is 1. The van der Waals surface area contributed by atoms with E-state index in [1.807, 2.05) is 0 Å². The van der Waals surface area contributed by atoms with Crippen molar-refractivity contribution >= 4 is 5.69 Å². The van der Waals surface area contributed by atoms with E-state index in [-0.39, 0.29) is 0 Å². The van der Waals surface area contributed by atoms with Gasteiger partial charge in [0, 0.05) is 37.9 Å². The van der Waals surface area contributed by atoms with E-state index in [0.29, 0.717) is 0 Å². The van der Waals surface area contributed by atoms with Crippen LogP contribution < -0.4 is 9.64 Å². The lowest BCUT2D eigenvalue weighted by molar-refractivity contribution is 0.255. The van der Waals surface area contributed by atoms with Crippen molar-refractivity contribution in [2.24, 2.45) is 0 Å². The van der Waals surface area contributed by atoms with Crippen molar-refractivity contribution in [3.8, 4) is 5.75 Å². The van der Waals surface area contributed by atoms with Gasteiger partial charge in [0.15, 0.2) is 0 Å². The maximum atomic E-state index is 5.77. The number of piperazine rings is 1. The van der Waals surface area contributed by atoms with Crippen LogP contribution in [-0.4, -0.2) is 44.2 Å². The first kappa shape index (κ1) is 17.8. The third-order valence-corrected chi connectivity index (χ3v) is 4.81. The molecule has 0 saturated carbocycles. The van der Waals surface area contributed by atoms with E-state index >= 15 is 0 Å². The summed E-state index contributed by atoms with van der Waals surface area (Å²) in [6.07, 6.45) is 3.47. The molecule has 3 heteroatoms. The van der Waals surface area contributed by atoms with Crippen molar-refractivity contribution in [1.29, 1.82) is 0 Å². The summed E-state index contributed by atoms with van der Waals surface area (Å²) < 4.78 is 5.77. The van der Waals surface area contributed by atoms with Crippen molar-refractivity contribution in [2.45, 2.75) is 26.2 Å². The Hall–Kier alpha value is -2.00. The molecule has 1 saturated heterocycles. The number of hydrogen-bond acceptors (Lipinski definition) is 3. The van der Waals surface area contributed by atoms with Crippen LogP contribution in [-0.2, 0) is 6.42 Å². The molecule has 1 heterocycles. The van der Waals surface area contributed by atoms with Crippen LogP contribution in [0.25, 0.3) is 0 Å². The van der Waals surface area contributed by atoms with Crippen LogP contribution in [0.4, 0.5) is 5.69 Å². The summed E-state index contributed by atoms with van der Waals surface area (Å²) >= 11 is 0. The molecular weight excluding hydrogens is 308 g/mol. The standard InChI is InChI=1S/C22H30N2O/c1-2-18-25-22-12-6-11-21(19-22)24-16-14-23(15-17-24)13-7-10-20-8-4-3-5-9-20/h3-6,8-9,11-12,19H,2,7,10,13-18H2,1H3. The van der Waals surface area contributed by atoms with Crippen LogP contribution in [0, 0.1) is 0 Å². The molecule has 0 aliphatic carbocycles. The van der Waals surface area contributed by atoms with Gasteiger partial charge in [0.25, 0.3) is 0 Å². The van der Waals surface area contributed by atoms with Gasteiger partial charge in [-0.1, -0.05) is 43.3 Å². The van der Waals surface area contributed by atoms with E-state index in [4.69, 9.17) is 4.74 Å².